The number of hydrogen-bond donors (Lipinski definition) is 0. The van der Waals surface area contributed by atoms with Crippen LogP contribution < -0.4 is 0 Å². The van der Waals surface area contributed by atoms with E-state index in [-0.39, 0.29) is 77.5 Å². The molecule has 0 amide bonds. The molecular weight excluding hydrogens is 857 g/mol. The van der Waals surface area contributed by atoms with E-state index in [4.69, 9.17) is 36.7 Å². The molecule has 4 rings (SSSR count). The normalized spacial score (nSPS) is 28.5. The second kappa shape index (κ2) is 22.1. The van der Waals surface area contributed by atoms with Gasteiger partial charge in [-0.25, -0.2) is 0 Å². The number of benzene rings is 1. The van der Waals surface area contributed by atoms with E-state index in [9.17, 15) is 4.79 Å². The number of carbonyl (C=O) groups excluding carboxylic acids is 1. The van der Waals surface area contributed by atoms with E-state index < -0.39 is 45.2 Å². The molecule has 1 aromatic rings. The van der Waals surface area contributed by atoms with Gasteiger partial charge in [0.25, 0.3) is 0 Å². The van der Waals surface area contributed by atoms with Crippen LogP contribution in [0, 0.1) is 11.8 Å². The van der Waals surface area contributed by atoms with E-state index >= 15 is 0 Å². The molecule has 0 bridgehead atoms. The van der Waals surface area contributed by atoms with Crippen molar-refractivity contribution >= 4 is 39.2 Å². The fourth-order valence-electron chi connectivity index (χ4n) is 9.78. The van der Waals surface area contributed by atoms with E-state index in [1.54, 1.807) is 0 Å². The van der Waals surface area contributed by atoms with Crippen LogP contribution in [0.1, 0.15) is 135 Å². The molecule has 3 aliphatic heterocycles. The quantitative estimate of drug-likeness (QED) is 0.0832. The topological polar surface area (TPSA) is 90.9 Å². The maximum atomic E-state index is 13.7. The molecule has 0 N–H and O–H groups in total. The first kappa shape index (κ1) is 54.9. The van der Waals surface area contributed by atoms with Crippen LogP contribution in [0.2, 0.25) is 72.5 Å². The highest BCUT2D eigenvalue weighted by molar-refractivity contribution is 6.75. The Morgan fingerprint density at radius 2 is 1.32 bits per heavy atom. The highest BCUT2D eigenvalue weighted by Crippen LogP contribution is 2.50. The van der Waals surface area contributed by atoms with Gasteiger partial charge in [-0.2, -0.15) is 0 Å². The Hall–Kier alpha value is -0.722. The minimum atomic E-state index is -2.18. The van der Waals surface area contributed by atoms with Gasteiger partial charge in [0.05, 0.1) is 55.8 Å². The molecule has 63 heavy (non-hydrogen) atoms. The summed E-state index contributed by atoms with van der Waals surface area (Å²) in [6, 6.07) is 16.1. The van der Waals surface area contributed by atoms with Crippen molar-refractivity contribution in [1.29, 1.82) is 0 Å². The van der Waals surface area contributed by atoms with E-state index in [2.05, 4.69) is 123 Å². The van der Waals surface area contributed by atoms with Crippen molar-refractivity contribution in [3.05, 3.63) is 35.9 Å². The molecule has 0 saturated carbocycles. The van der Waals surface area contributed by atoms with Crippen molar-refractivity contribution in [2.24, 2.45) is 11.8 Å². The summed E-state index contributed by atoms with van der Waals surface area (Å²) < 4.78 is 56.7. The third kappa shape index (κ3) is 13.7. The molecule has 364 valence electrons. The van der Waals surface area contributed by atoms with Crippen LogP contribution in [0.3, 0.4) is 0 Å². The monoisotopic (exact) mass is 951 g/mol. The standard InChI is InChI=1S/C50H94O9Si4/c1-19-62(20-2,21-3)58-42(30-40(57-61(17,18)49(12,13)14)36-53-60(15,16)48(9,10)11)41-31-43-46(54-41)37(7)33-50(55-43)34-38(8)47(59-63(22-4,23-5)24-6)44(56-50)32-45(51)52-35-39-28-26-25-27-29-39/h25-29,37-38,40-44,46-47H,19-24,30-36H2,1-18H3/t37-,38-,40+,41?,42-,43?,44?,46?,47?,50+/m0/s1. The zero-order valence-electron chi connectivity index (χ0n) is 43.4. The number of ether oxygens (including phenoxy) is 4. The third-order valence-corrected chi connectivity index (χ3v) is 34.9. The Bertz CT molecular complexity index is 1540. The minimum absolute atomic E-state index is 0.0503. The van der Waals surface area contributed by atoms with Crippen molar-refractivity contribution in [3.63, 3.8) is 0 Å². The maximum Gasteiger partial charge on any atom is 0.308 e. The Kier molecular flexibility index (Phi) is 19.3. The second-order valence-corrected chi connectivity index (χ2v) is 41.9. The molecule has 9 nitrogen and oxygen atoms in total. The second-order valence-electron chi connectivity index (χ2n) is 22.8. The molecule has 5 unspecified atom stereocenters. The lowest BCUT2D eigenvalue weighted by Crippen LogP contribution is -2.61. The Balaban J connectivity index is 1.65. The molecule has 1 spiro atoms. The van der Waals surface area contributed by atoms with Gasteiger partial charge in [0.15, 0.2) is 39.1 Å². The van der Waals surface area contributed by atoms with Crippen molar-refractivity contribution in [1.82, 2.24) is 0 Å². The van der Waals surface area contributed by atoms with Gasteiger partial charge >= 0.3 is 5.97 Å². The Morgan fingerprint density at radius 1 is 0.762 bits per heavy atom. The Labute approximate surface area is 390 Å². The molecule has 3 heterocycles. The molecule has 1 aromatic carbocycles. The van der Waals surface area contributed by atoms with E-state index in [0.717, 1.165) is 54.7 Å². The lowest BCUT2D eigenvalue weighted by molar-refractivity contribution is -0.351. The van der Waals surface area contributed by atoms with Gasteiger partial charge in [-0.05, 0) is 89.9 Å². The van der Waals surface area contributed by atoms with Gasteiger partial charge in [-0.3, -0.25) is 4.79 Å². The van der Waals surface area contributed by atoms with Gasteiger partial charge < -0.3 is 36.7 Å². The van der Waals surface area contributed by atoms with E-state index in [1.807, 2.05) is 30.3 Å². The number of hydrogen-bond acceptors (Lipinski definition) is 9. The van der Waals surface area contributed by atoms with Crippen LogP contribution in [0.5, 0.6) is 0 Å². The molecule has 10 atom stereocenters. The zero-order chi connectivity index (χ0) is 47.2. The van der Waals surface area contributed by atoms with Crippen LogP contribution in [0.15, 0.2) is 30.3 Å². The summed E-state index contributed by atoms with van der Waals surface area (Å²) in [4.78, 5) is 13.7. The highest BCUT2D eigenvalue weighted by atomic mass is 28.4. The molecule has 0 radical (unpaired) electrons. The first-order valence-electron chi connectivity index (χ1n) is 25.1. The summed E-state index contributed by atoms with van der Waals surface area (Å²) in [7, 11) is -8.36. The van der Waals surface area contributed by atoms with Crippen LogP contribution in [0.4, 0.5) is 0 Å². The number of fused-ring (bicyclic) bond motifs is 1. The molecule has 0 aromatic heterocycles. The lowest BCUT2D eigenvalue weighted by Gasteiger charge is -2.53. The predicted octanol–water partition coefficient (Wildman–Crippen LogP) is 13.4. The Morgan fingerprint density at radius 3 is 1.86 bits per heavy atom. The van der Waals surface area contributed by atoms with Gasteiger partial charge in [-0.1, -0.05) is 127 Å². The van der Waals surface area contributed by atoms with Crippen molar-refractivity contribution in [2.75, 3.05) is 6.61 Å². The number of carbonyl (C=O) groups is 1. The van der Waals surface area contributed by atoms with Gasteiger partial charge in [0.2, 0.25) is 0 Å². The van der Waals surface area contributed by atoms with Crippen LogP contribution in [-0.2, 0) is 48.1 Å². The summed E-state index contributed by atoms with van der Waals surface area (Å²) in [6.07, 6.45) is 1.58. The molecule has 13 heteroatoms. The summed E-state index contributed by atoms with van der Waals surface area (Å²) in [5.41, 5.74) is 0.966. The maximum absolute atomic E-state index is 13.7. The third-order valence-electron chi connectivity index (χ3n) is 16.5. The van der Waals surface area contributed by atoms with Crippen LogP contribution >= 0.6 is 0 Å². The molecule has 3 aliphatic rings. The van der Waals surface area contributed by atoms with Gasteiger partial charge in [0, 0.05) is 25.7 Å². The smallest absolute Gasteiger partial charge is 0.308 e. The first-order valence-corrected chi connectivity index (χ1v) is 36.0. The van der Waals surface area contributed by atoms with Gasteiger partial charge in [0.1, 0.15) is 6.61 Å². The highest BCUT2D eigenvalue weighted by Gasteiger charge is 2.58. The summed E-state index contributed by atoms with van der Waals surface area (Å²) in [5.74, 6) is -0.827. The average Bonchev–Trinajstić information content (AvgIpc) is 3.65. The zero-order valence-corrected chi connectivity index (χ0v) is 47.4. The van der Waals surface area contributed by atoms with Crippen molar-refractivity contribution < 1.29 is 41.4 Å². The SMILES string of the molecule is CC[Si](CC)(CC)OC1C(CC(=O)OCc2ccccc2)O[C@]2(C[C@H](C)C3OC([C@H](C[C@H](CO[Si](C)(C)C(C)(C)C)O[Si](C)(C)C(C)(C)C)O[Si](CC)(CC)CC)CC3O2)C[C@@H]1C. The lowest BCUT2D eigenvalue weighted by atomic mass is 9.80. The van der Waals surface area contributed by atoms with Crippen LogP contribution in [0.25, 0.3) is 0 Å². The molecule has 3 fully saturated rings. The fraction of sp³-hybridized carbons (Fsp3) is 0.860. The molecule has 3 saturated heterocycles. The van der Waals surface area contributed by atoms with E-state index in [0.29, 0.717) is 19.4 Å². The summed E-state index contributed by atoms with van der Waals surface area (Å²) in [6.45, 7) is 42.3. The van der Waals surface area contributed by atoms with Crippen LogP contribution in [-0.4, -0.2) is 94.4 Å². The molecular formula is C50H94O9Si4. The average molecular weight is 952 g/mol. The summed E-state index contributed by atoms with van der Waals surface area (Å²) >= 11 is 0. The van der Waals surface area contributed by atoms with Gasteiger partial charge in [-0.15, -0.1) is 0 Å². The predicted molar refractivity (Wildman–Crippen MR) is 268 cm³/mol. The molecule has 0 aliphatic carbocycles. The fourth-order valence-corrected chi connectivity index (χ4v) is 18.0. The largest absolute Gasteiger partial charge is 0.461 e. The number of rotatable bonds is 22. The van der Waals surface area contributed by atoms with E-state index in [1.165, 1.54) is 0 Å². The van der Waals surface area contributed by atoms with Crippen molar-refractivity contribution in [2.45, 2.75) is 257 Å². The van der Waals surface area contributed by atoms with Crippen molar-refractivity contribution in [3.8, 4) is 0 Å². The number of esters is 1. The first-order chi connectivity index (χ1) is 29.3. The summed E-state index contributed by atoms with van der Waals surface area (Å²) in [5, 5.41) is 0.140. The minimum Gasteiger partial charge on any atom is -0.461 e.